The van der Waals surface area contributed by atoms with Gasteiger partial charge in [-0.2, -0.15) is 0 Å². The average Bonchev–Trinajstić information content (AvgIpc) is 2.51. The molecule has 1 rings (SSSR count). The third-order valence-corrected chi connectivity index (χ3v) is 2.61. The van der Waals surface area contributed by atoms with Crippen LogP contribution < -0.4 is 20.1 Å². The van der Waals surface area contributed by atoms with Crippen molar-refractivity contribution in [2.45, 2.75) is 20.0 Å². The van der Waals surface area contributed by atoms with Crippen molar-refractivity contribution in [2.24, 2.45) is 4.99 Å². The number of methoxy groups -OCH3 is 1. The van der Waals surface area contributed by atoms with Crippen molar-refractivity contribution in [1.29, 1.82) is 0 Å². The van der Waals surface area contributed by atoms with Gasteiger partial charge < -0.3 is 20.1 Å². The van der Waals surface area contributed by atoms with Gasteiger partial charge in [0.15, 0.2) is 5.96 Å². The Morgan fingerprint density at radius 1 is 1.27 bits per heavy atom. The molecule has 0 aliphatic heterocycles. The maximum atomic E-state index is 5.79. The number of ether oxygens (including phenoxy) is 2. The van der Waals surface area contributed by atoms with Crippen LogP contribution in [0.15, 0.2) is 29.3 Å². The van der Waals surface area contributed by atoms with Crippen molar-refractivity contribution in [3.05, 3.63) is 24.3 Å². The number of nitrogens with one attached hydrogen (secondary N) is 2. The van der Waals surface area contributed by atoms with Crippen LogP contribution in [-0.4, -0.2) is 38.8 Å². The molecule has 0 amide bonds. The van der Waals surface area contributed by atoms with Crippen molar-refractivity contribution in [2.75, 3.05) is 26.7 Å². The third-order valence-electron chi connectivity index (χ3n) is 2.61. The van der Waals surface area contributed by atoms with E-state index in [2.05, 4.69) is 21.5 Å². The molecule has 6 heteroatoms. The summed E-state index contributed by atoms with van der Waals surface area (Å²) in [6.45, 7) is 5.73. The molecule has 1 unspecified atom stereocenters. The summed E-state index contributed by atoms with van der Waals surface area (Å²) in [6.07, 6.45) is 5.18. The Bertz CT molecular complexity index is 483. The fourth-order valence-corrected chi connectivity index (χ4v) is 1.62. The van der Waals surface area contributed by atoms with Crippen molar-refractivity contribution in [3.63, 3.8) is 0 Å². The molecule has 0 saturated heterocycles. The number of hydrogen-bond acceptors (Lipinski definition) is 3. The number of nitrogens with zero attached hydrogens (tertiary/aromatic N) is 1. The van der Waals surface area contributed by atoms with Gasteiger partial charge in [-0.1, -0.05) is 5.92 Å². The quantitative estimate of drug-likeness (QED) is 0.310. The minimum Gasteiger partial charge on any atom is -0.497 e. The summed E-state index contributed by atoms with van der Waals surface area (Å²) in [6, 6.07) is 7.48. The van der Waals surface area contributed by atoms with Crippen LogP contribution in [0.1, 0.15) is 13.8 Å². The molecule has 0 spiro atoms. The summed E-state index contributed by atoms with van der Waals surface area (Å²) in [7, 11) is 1.64. The van der Waals surface area contributed by atoms with Crippen molar-refractivity contribution in [1.82, 2.24) is 10.6 Å². The van der Waals surface area contributed by atoms with Crippen LogP contribution in [0.2, 0.25) is 0 Å². The molecule has 1 aromatic rings. The van der Waals surface area contributed by atoms with Crippen LogP contribution in [0.25, 0.3) is 0 Å². The lowest BCUT2D eigenvalue weighted by Crippen LogP contribution is -2.38. The van der Waals surface area contributed by atoms with E-state index in [1.165, 1.54) is 0 Å². The molecule has 2 N–H and O–H groups in total. The molecule has 122 valence electrons. The van der Waals surface area contributed by atoms with Crippen LogP contribution in [0, 0.1) is 12.3 Å². The molecule has 5 nitrogen and oxygen atoms in total. The molecule has 1 atom stereocenters. The van der Waals surface area contributed by atoms with Crippen LogP contribution in [0.4, 0.5) is 0 Å². The van der Waals surface area contributed by atoms with Gasteiger partial charge in [-0.25, -0.2) is 4.99 Å². The van der Waals surface area contributed by atoms with Crippen LogP contribution >= 0.6 is 24.0 Å². The Labute approximate surface area is 149 Å². The zero-order valence-electron chi connectivity index (χ0n) is 13.3. The molecular weight excluding hydrogens is 393 g/mol. The SMILES string of the molecule is C#CCNC(=NCC(C)Oc1ccc(OC)cc1)NCC.I. The van der Waals surface area contributed by atoms with E-state index < -0.39 is 0 Å². The molecule has 22 heavy (non-hydrogen) atoms. The first-order valence-electron chi connectivity index (χ1n) is 6.96. The highest BCUT2D eigenvalue weighted by Crippen LogP contribution is 2.18. The van der Waals surface area contributed by atoms with E-state index in [1.807, 2.05) is 38.1 Å². The van der Waals surface area contributed by atoms with E-state index >= 15 is 0 Å². The smallest absolute Gasteiger partial charge is 0.192 e. The van der Waals surface area contributed by atoms with Crippen molar-refractivity contribution < 1.29 is 9.47 Å². The number of aliphatic imine (C=N–C) groups is 1. The Morgan fingerprint density at radius 2 is 1.91 bits per heavy atom. The van der Waals surface area contributed by atoms with Crippen molar-refractivity contribution >= 4 is 29.9 Å². The third kappa shape index (κ3) is 7.98. The highest BCUT2D eigenvalue weighted by atomic mass is 127. The monoisotopic (exact) mass is 417 g/mol. The second kappa shape index (κ2) is 12.0. The molecular formula is C16H24IN3O2. The number of guanidine groups is 1. The van der Waals surface area contributed by atoms with E-state index in [-0.39, 0.29) is 30.1 Å². The lowest BCUT2D eigenvalue weighted by Gasteiger charge is -2.14. The Hall–Kier alpha value is -1.62. The summed E-state index contributed by atoms with van der Waals surface area (Å²) >= 11 is 0. The second-order valence-electron chi connectivity index (χ2n) is 4.38. The molecule has 0 bridgehead atoms. The molecule has 0 aromatic heterocycles. The number of hydrogen-bond donors (Lipinski definition) is 2. The zero-order valence-corrected chi connectivity index (χ0v) is 15.6. The summed E-state index contributed by atoms with van der Waals surface area (Å²) in [4.78, 5) is 4.43. The largest absolute Gasteiger partial charge is 0.497 e. The van der Waals surface area contributed by atoms with Gasteiger partial charge in [0.05, 0.1) is 20.2 Å². The summed E-state index contributed by atoms with van der Waals surface area (Å²) < 4.78 is 10.9. The Kier molecular flexibility index (Phi) is 11.1. The van der Waals surface area contributed by atoms with Crippen LogP contribution in [-0.2, 0) is 0 Å². The topological polar surface area (TPSA) is 54.9 Å². The summed E-state index contributed by atoms with van der Waals surface area (Å²) in [5.74, 6) is 4.81. The van der Waals surface area contributed by atoms with Gasteiger partial charge in [-0.15, -0.1) is 30.4 Å². The van der Waals surface area contributed by atoms with Gasteiger partial charge in [0.25, 0.3) is 0 Å². The minimum atomic E-state index is -0.0420. The molecule has 0 saturated carbocycles. The van der Waals surface area contributed by atoms with Gasteiger partial charge in [-0.05, 0) is 38.1 Å². The fourth-order valence-electron chi connectivity index (χ4n) is 1.62. The maximum Gasteiger partial charge on any atom is 0.192 e. The number of benzene rings is 1. The Morgan fingerprint density at radius 3 is 2.45 bits per heavy atom. The molecule has 0 fully saturated rings. The highest BCUT2D eigenvalue weighted by molar-refractivity contribution is 14.0. The van der Waals surface area contributed by atoms with E-state index in [4.69, 9.17) is 15.9 Å². The van der Waals surface area contributed by atoms with Gasteiger partial charge in [0.1, 0.15) is 17.6 Å². The first kappa shape index (κ1) is 20.4. The fraction of sp³-hybridized carbons (Fsp3) is 0.438. The predicted molar refractivity (Wildman–Crippen MR) is 101 cm³/mol. The number of halogens is 1. The standard InChI is InChI=1S/C16H23N3O2.HI/c1-5-11-18-16(17-6-2)19-12-13(3)21-15-9-7-14(20-4)8-10-15;/h1,7-10,13H,6,11-12H2,2-4H3,(H2,17,18,19);1H. The van der Waals surface area contributed by atoms with Crippen LogP contribution in [0.3, 0.4) is 0 Å². The molecule has 0 heterocycles. The van der Waals surface area contributed by atoms with Gasteiger partial charge >= 0.3 is 0 Å². The van der Waals surface area contributed by atoms with E-state index in [1.54, 1.807) is 7.11 Å². The summed E-state index contributed by atoms with van der Waals surface area (Å²) in [5.41, 5.74) is 0. The molecule has 0 radical (unpaired) electrons. The molecule has 1 aromatic carbocycles. The minimum absolute atomic E-state index is 0. The first-order chi connectivity index (χ1) is 10.2. The normalized spacial score (nSPS) is 11.6. The van der Waals surface area contributed by atoms with E-state index in [0.29, 0.717) is 19.0 Å². The maximum absolute atomic E-state index is 5.79. The number of rotatable bonds is 7. The number of terminal acetylenes is 1. The second-order valence-corrected chi connectivity index (χ2v) is 4.38. The average molecular weight is 417 g/mol. The predicted octanol–water partition coefficient (Wildman–Crippen LogP) is 2.27. The summed E-state index contributed by atoms with van der Waals surface area (Å²) in [5, 5.41) is 6.16. The van der Waals surface area contributed by atoms with E-state index in [9.17, 15) is 0 Å². The first-order valence-corrected chi connectivity index (χ1v) is 6.96. The highest BCUT2D eigenvalue weighted by Gasteiger charge is 2.04. The zero-order chi connectivity index (χ0) is 15.5. The lowest BCUT2D eigenvalue weighted by atomic mass is 10.3. The van der Waals surface area contributed by atoms with Gasteiger partial charge in [0, 0.05) is 6.54 Å². The lowest BCUT2D eigenvalue weighted by molar-refractivity contribution is 0.230. The van der Waals surface area contributed by atoms with Crippen molar-refractivity contribution in [3.8, 4) is 23.8 Å². The molecule has 0 aliphatic rings. The van der Waals surface area contributed by atoms with E-state index in [0.717, 1.165) is 18.0 Å². The van der Waals surface area contributed by atoms with Crippen LogP contribution in [0.5, 0.6) is 11.5 Å². The van der Waals surface area contributed by atoms with Gasteiger partial charge in [0.2, 0.25) is 0 Å². The Balaban J connectivity index is 0.00000441. The molecule has 0 aliphatic carbocycles. The van der Waals surface area contributed by atoms with Gasteiger partial charge in [-0.3, -0.25) is 0 Å².